The zero-order chi connectivity index (χ0) is 15.3. The van der Waals surface area contributed by atoms with Gasteiger partial charge in [-0.1, -0.05) is 13.3 Å². The predicted octanol–water partition coefficient (Wildman–Crippen LogP) is 2.30. The van der Waals surface area contributed by atoms with Crippen molar-refractivity contribution in [3.63, 3.8) is 0 Å². The van der Waals surface area contributed by atoms with Crippen molar-refractivity contribution in [3.8, 4) is 0 Å². The van der Waals surface area contributed by atoms with Crippen molar-refractivity contribution in [1.29, 1.82) is 0 Å². The van der Waals surface area contributed by atoms with Gasteiger partial charge >= 0.3 is 0 Å². The standard InChI is InChI=1S/C17H25N3O2/c1-2-17(22)7-3-4-12-9-20(10-13(12)17)16(21)15-8-14(18-19-15)11-5-6-11/h8,11-13,22H,2-7,9-10H2,1H3,(H,18,19)/t12-,13+,17-/m0/s1. The van der Waals surface area contributed by atoms with Gasteiger partial charge in [-0.25, -0.2) is 0 Å². The Morgan fingerprint density at radius 3 is 3.00 bits per heavy atom. The van der Waals surface area contributed by atoms with Crippen LogP contribution in [0.15, 0.2) is 6.07 Å². The third-order valence-corrected chi connectivity index (χ3v) is 6.05. The molecule has 1 saturated heterocycles. The Hall–Kier alpha value is -1.36. The van der Waals surface area contributed by atoms with Crippen LogP contribution < -0.4 is 0 Å². The molecule has 5 heteroatoms. The summed E-state index contributed by atoms with van der Waals surface area (Å²) in [6, 6.07) is 1.92. The van der Waals surface area contributed by atoms with Crippen LogP contribution in [0.3, 0.4) is 0 Å². The summed E-state index contributed by atoms with van der Waals surface area (Å²) in [7, 11) is 0. The average Bonchev–Trinajstić information content (AvgIpc) is 3.09. The number of likely N-dealkylation sites (tertiary alicyclic amines) is 1. The van der Waals surface area contributed by atoms with E-state index >= 15 is 0 Å². The molecule has 3 fully saturated rings. The summed E-state index contributed by atoms with van der Waals surface area (Å²) in [5.74, 6) is 1.29. The number of amides is 1. The number of aliphatic hydroxyl groups is 1. The van der Waals surface area contributed by atoms with Gasteiger partial charge in [-0.15, -0.1) is 0 Å². The molecule has 3 atom stereocenters. The van der Waals surface area contributed by atoms with E-state index in [0.29, 0.717) is 24.1 Å². The van der Waals surface area contributed by atoms with Crippen molar-refractivity contribution in [2.75, 3.05) is 13.1 Å². The van der Waals surface area contributed by atoms with Crippen LogP contribution in [0.2, 0.25) is 0 Å². The summed E-state index contributed by atoms with van der Waals surface area (Å²) in [6.45, 7) is 3.51. The van der Waals surface area contributed by atoms with Gasteiger partial charge in [0, 0.05) is 30.6 Å². The number of rotatable bonds is 3. The number of carbonyl (C=O) groups is 1. The smallest absolute Gasteiger partial charge is 0.274 e. The third-order valence-electron chi connectivity index (χ3n) is 6.05. The first-order valence-corrected chi connectivity index (χ1v) is 8.67. The number of aromatic amines is 1. The van der Waals surface area contributed by atoms with Gasteiger partial charge in [-0.2, -0.15) is 5.10 Å². The van der Waals surface area contributed by atoms with E-state index in [2.05, 4.69) is 17.1 Å². The molecule has 0 radical (unpaired) electrons. The molecule has 1 amide bonds. The van der Waals surface area contributed by atoms with Crippen LogP contribution in [-0.2, 0) is 0 Å². The maximum absolute atomic E-state index is 12.7. The Balaban J connectivity index is 1.50. The highest BCUT2D eigenvalue weighted by Gasteiger charge is 2.49. The lowest BCUT2D eigenvalue weighted by Crippen LogP contribution is -2.44. The molecule has 22 heavy (non-hydrogen) atoms. The second-order valence-electron chi connectivity index (χ2n) is 7.41. The van der Waals surface area contributed by atoms with Gasteiger partial charge in [0.05, 0.1) is 5.60 Å². The number of H-pyrrole nitrogens is 1. The van der Waals surface area contributed by atoms with Crippen LogP contribution >= 0.6 is 0 Å². The number of nitrogens with zero attached hydrogens (tertiary/aromatic N) is 2. The van der Waals surface area contributed by atoms with Crippen molar-refractivity contribution in [1.82, 2.24) is 15.1 Å². The molecule has 0 aromatic carbocycles. The quantitative estimate of drug-likeness (QED) is 0.900. The number of fused-ring (bicyclic) bond motifs is 1. The van der Waals surface area contributed by atoms with Crippen molar-refractivity contribution >= 4 is 5.91 Å². The SMILES string of the molecule is CC[C@]1(O)CCC[C@H]2CN(C(=O)c3cc(C4CC4)[nH]n3)C[C@H]21. The summed E-state index contributed by atoms with van der Waals surface area (Å²) in [5, 5.41) is 18.1. The van der Waals surface area contributed by atoms with E-state index in [9.17, 15) is 9.90 Å². The van der Waals surface area contributed by atoms with E-state index in [1.54, 1.807) is 0 Å². The number of nitrogens with one attached hydrogen (secondary N) is 1. The van der Waals surface area contributed by atoms with E-state index in [-0.39, 0.29) is 11.8 Å². The summed E-state index contributed by atoms with van der Waals surface area (Å²) >= 11 is 0. The second kappa shape index (κ2) is 5.08. The zero-order valence-electron chi connectivity index (χ0n) is 13.2. The average molecular weight is 303 g/mol. The van der Waals surface area contributed by atoms with E-state index < -0.39 is 5.60 Å². The summed E-state index contributed by atoms with van der Waals surface area (Å²) in [4.78, 5) is 14.6. The molecule has 4 rings (SSSR count). The maximum Gasteiger partial charge on any atom is 0.274 e. The minimum Gasteiger partial charge on any atom is -0.390 e. The second-order valence-corrected chi connectivity index (χ2v) is 7.41. The molecule has 2 saturated carbocycles. The molecule has 2 heterocycles. The van der Waals surface area contributed by atoms with Crippen molar-refractivity contribution in [3.05, 3.63) is 17.5 Å². The van der Waals surface area contributed by atoms with E-state index in [1.807, 2.05) is 11.0 Å². The highest BCUT2D eigenvalue weighted by molar-refractivity contribution is 5.92. The minimum absolute atomic E-state index is 0.0241. The predicted molar refractivity (Wildman–Crippen MR) is 82.5 cm³/mol. The van der Waals surface area contributed by atoms with Crippen LogP contribution in [0.5, 0.6) is 0 Å². The van der Waals surface area contributed by atoms with Crippen LogP contribution in [0.1, 0.15) is 67.5 Å². The molecule has 0 bridgehead atoms. The van der Waals surface area contributed by atoms with Gasteiger partial charge in [0.25, 0.3) is 5.91 Å². The van der Waals surface area contributed by atoms with Crippen LogP contribution in [0, 0.1) is 11.8 Å². The van der Waals surface area contributed by atoms with Crippen molar-refractivity contribution in [2.45, 2.75) is 57.0 Å². The lowest BCUT2D eigenvalue weighted by molar-refractivity contribution is -0.0609. The summed E-state index contributed by atoms with van der Waals surface area (Å²) in [6.07, 6.45) is 6.26. The number of hydrogen-bond donors (Lipinski definition) is 2. The minimum atomic E-state index is -0.581. The molecule has 1 aromatic rings. The van der Waals surface area contributed by atoms with Gasteiger partial charge in [0.1, 0.15) is 5.69 Å². The van der Waals surface area contributed by atoms with Crippen molar-refractivity contribution in [2.24, 2.45) is 11.8 Å². The molecule has 2 N–H and O–H groups in total. The fourth-order valence-electron chi connectivity index (χ4n) is 4.44. The Labute approximate surface area is 131 Å². The topological polar surface area (TPSA) is 69.2 Å². The fraction of sp³-hybridized carbons (Fsp3) is 0.765. The third kappa shape index (κ3) is 2.26. The first-order valence-electron chi connectivity index (χ1n) is 8.67. The molecule has 5 nitrogen and oxygen atoms in total. The van der Waals surface area contributed by atoms with Gasteiger partial charge in [-0.05, 0) is 44.1 Å². The van der Waals surface area contributed by atoms with E-state index in [4.69, 9.17) is 0 Å². The monoisotopic (exact) mass is 303 g/mol. The van der Waals surface area contributed by atoms with E-state index in [0.717, 1.165) is 37.9 Å². The summed E-state index contributed by atoms with van der Waals surface area (Å²) < 4.78 is 0. The Kier molecular flexibility index (Phi) is 3.29. The summed E-state index contributed by atoms with van der Waals surface area (Å²) in [5.41, 5.74) is 1.06. The van der Waals surface area contributed by atoms with Crippen LogP contribution in [0.25, 0.3) is 0 Å². The lowest BCUT2D eigenvalue weighted by atomic mass is 9.69. The zero-order valence-corrected chi connectivity index (χ0v) is 13.2. The van der Waals surface area contributed by atoms with Crippen LogP contribution in [0.4, 0.5) is 0 Å². The maximum atomic E-state index is 12.7. The highest BCUT2D eigenvalue weighted by atomic mass is 16.3. The molecule has 0 spiro atoms. The molecular weight excluding hydrogens is 278 g/mol. The number of aromatic nitrogens is 2. The molecule has 0 unspecified atom stereocenters. The normalized spacial score (nSPS) is 34.7. The lowest BCUT2D eigenvalue weighted by Gasteiger charge is -2.40. The van der Waals surface area contributed by atoms with Gasteiger partial charge in [-0.3, -0.25) is 9.89 Å². The van der Waals surface area contributed by atoms with Crippen molar-refractivity contribution < 1.29 is 9.90 Å². The first-order chi connectivity index (χ1) is 10.6. The molecule has 1 aliphatic heterocycles. The van der Waals surface area contributed by atoms with Gasteiger partial charge in [0.15, 0.2) is 0 Å². The molecule has 120 valence electrons. The van der Waals surface area contributed by atoms with Gasteiger partial charge in [0.2, 0.25) is 0 Å². The number of hydrogen-bond acceptors (Lipinski definition) is 3. The first kappa shape index (κ1) is 14.2. The number of carbonyl (C=O) groups excluding carboxylic acids is 1. The molecule has 3 aliphatic rings. The van der Waals surface area contributed by atoms with Gasteiger partial charge < -0.3 is 10.0 Å². The highest BCUT2D eigenvalue weighted by Crippen LogP contribution is 2.44. The Morgan fingerprint density at radius 1 is 1.45 bits per heavy atom. The van der Waals surface area contributed by atoms with Crippen LogP contribution in [-0.4, -0.2) is 44.8 Å². The molecule has 2 aliphatic carbocycles. The fourth-order valence-corrected chi connectivity index (χ4v) is 4.44. The largest absolute Gasteiger partial charge is 0.390 e. The Morgan fingerprint density at radius 2 is 2.27 bits per heavy atom. The molecule has 1 aromatic heterocycles. The van der Waals surface area contributed by atoms with E-state index in [1.165, 1.54) is 12.8 Å². The Bertz CT molecular complexity index is 580. The molecular formula is C17H25N3O2.